The number of hydrogen-bond acceptors (Lipinski definition) is 7. The molecule has 9 nitrogen and oxygen atoms in total. The van der Waals surface area contributed by atoms with E-state index in [-0.39, 0.29) is 18.1 Å². The Balaban J connectivity index is 1.28. The molecule has 38 heavy (non-hydrogen) atoms. The molecule has 3 N–H and O–H groups in total. The quantitative estimate of drug-likeness (QED) is 0.428. The number of nitrogens with zero attached hydrogens (tertiary/aromatic N) is 4. The van der Waals surface area contributed by atoms with Crippen molar-refractivity contribution >= 4 is 17.4 Å². The van der Waals surface area contributed by atoms with Crippen LogP contribution in [0.3, 0.4) is 0 Å². The SMILES string of the molecule is CC(C)(C)CC1CC(c2onc(CCC(=O)Nc3ccc(C#N)cc3-n3ccc(N)nc3=O)c2C2CC2)C1. The highest BCUT2D eigenvalue weighted by Crippen LogP contribution is 2.52. The van der Waals surface area contributed by atoms with E-state index >= 15 is 0 Å². The van der Waals surface area contributed by atoms with Gasteiger partial charge in [0, 0.05) is 30.5 Å². The molecule has 9 heteroatoms. The number of benzene rings is 1. The molecule has 0 unspecified atom stereocenters. The van der Waals surface area contributed by atoms with Gasteiger partial charge in [-0.25, -0.2) is 4.79 Å². The van der Waals surface area contributed by atoms with Crippen molar-refractivity contribution in [1.29, 1.82) is 5.26 Å². The number of nitrogens with two attached hydrogens (primary N) is 1. The molecule has 2 heterocycles. The summed E-state index contributed by atoms with van der Waals surface area (Å²) in [6.45, 7) is 6.87. The standard InChI is InChI=1S/C29H34N6O3/c1-29(2,3)15-18-12-20(13-18)27-26(19-5-6-19)22(34-38-27)8-9-25(36)32-21-7-4-17(16-30)14-23(21)35-11-10-24(31)33-28(35)37/h4,7,10-11,14,18-20H,5-6,8-9,12-13,15H2,1-3H3,(H,32,36)(H2,31,33,37). The van der Waals surface area contributed by atoms with Gasteiger partial charge in [-0.05, 0) is 73.6 Å². The van der Waals surface area contributed by atoms with Gasteiger partial charge in [0.05, 0.1) is 28.7 Å². The van der Waals surface area contributed by atoms with Crippen molar-refractivity contribution in [2.45, 2.75) is 77.6 Å². The lowest BCUT2D eigenvalue weighted by molar-refractivity contribution is -0.116. The molecule has 1 amide bonds. The van der Waals surface area contributed by atoms with Crippen molar-refractivity contribution in [3.63, 3.8) is 0 Å². The summed E-state index contributed by atoms with van der Waals surface area (Å²) in [6.07, 6.45) is 7.97. The third-order valence-corrected chi connectivity index (χ3v) is 7.40. The molecular weight excluding hydrogens is 480 g/mol. The summed E-state index contributed by atoms with van der Waals surface area (Å²) in [6, 6.07) is 8.29. The van der Waals surface area contributed by atoms with Gasteiger partial charge >= 0.3 is 5.69 Å². The molecule has 0 aliphatic heterocycles. The van der Waals surface area contributed by atoms with Gasteiger partial charge < -0.3 is 15.6 Å². The number of carbonyl (C=O) groups excluding carboxylic acids is 1. The zero-order valence-electron chi connectivity index (χ0n) is 22.2. The number of amides is 1. The van der Waals surface area contributed by atoms with Crippen LogP contribution in [0.1, 0.15) is 93.7 Å². The minimum atomic E-state index is -0.597. The fourth-order valence-electron chi connectivity index (χ4n) is 5.56. The van der Waals surface area contributed by atoms with Gasteiger partial charge in [0.2, 0.25) is 5.91 Å². The number of aromatic nitrogens is 3. The van der Waals surface area contributed by atoms with E-state index in [1.165, 1.54) is 34.9 Å². The molecule has 0 radical (unpaired) electrons. The second-order valence-corrected chi connectivity index (χ2v) is 11.9. The second kappa shape index (κ2) is 10.1. The normalized spacial score (nSPS) is 19.0. The average Bonchev–Trinajstić information content (AvgIpc) is 3.59. The first-order chi connectivity index (χ1) is 18.1. The van der Waals surface area contributed by atoms with Crippen LogP contribution in [0.2, 0.25) is 0 Å². The third kappa shape index (κ3) is 5.64. The first-order valence-electron chi connectivity index (χ1n) is 13.3. The van der Waals surface area contributed by atoms with Gasteiger partial charge in [-0.1, -0.05) is 25.9 Å². The van der Waals surface area contributed by atoms with Gasteiger partial charge in [0.25, 0.3) is 0 Å². The number of anilines is 2. The third-order valence-electron chi connectivity index (χ3n) is 7.40. The predicted molar refractivity (Wildman–Crippen MR) is 144 cm³/mol. The van der Waals surface area contributed by atoms with E-state index < -0.39 is 5.69 Å². The van der Waals surface area contributed by atoms with Crippen molar-refractivity contribution in [2.75, 3.05) is 11.1 Å². The summed E-state index contributed by atoms with van der Waals surface area (Å²) in [7, 11) is 0. The van der Waals surface area contributed by atoms with E-state index in [1.807, 2.05) is 0 Å². The Labute approximate surface area is 222 Å². The number of hydrogen-bond donors (Lipinski definition) is 2. The molecule has 0 bridgehead atoms. The fourth-order valence-corrected chi connectivity index (χ4v) is 5.56. The Morgan fingerprint density at radius 3 is 2.66 bits per heavy atom. The van der Waals surface area contributed by atoms with E-state index in [4.69, 9.17) is 10.3 Å². The molecule has 198 valence electrons. The number of rotatable bonds is 8. The lowest BCUT2D eigenvalue weighted by Crippen LogP contribution is -2.26. The molecule has 0 atom stereocenters. The summed E-state index contributed by atoms with van der Waals surface area (Å²) in [5, 5.41) is 16.6. The zero-order valence-corrected chi connectivity index (χ0v) is 22.2. The lowest BCUT2D eigenvalue weighted by atomic mass is 9.67. The van der Waals surface area contributed by atoms with Crippen LogP contribution in [-0.4, -0.2) is 20.6 Å². The maximum atomic E-state index is 13.0. The average molecular weight is 515 g/mol. The Kier molecular flexibility index (Phi) is 6.82. The van der Waals surface area contributed by atoms with Gasteiger partial charge in [-0.2, -0.15) is 10.2 Å². The van der Waals surface area contributed by atoms with E-state index in [9.17, 15) is 14.9 Å². The molecule has 2 aromatic heterocycles. The lowest BCUT2D eigenvalue weighted by Gasteiger charge is -2.38. The second-order valence-electron chi connectivity index (χ2n) is 11.9. The van der Waals surface area contributed by atoms with Crippen LogP contribution in [0, 0.1) is 22.7 Å². The van der Waals surface area contributed by atoms with Crippen LogP contribution in [0.5, 0.6) is 0 Å². The van der Waals surface area contributed by atoms with Crippen LogP contribution in [0.4, 0.5) is 11.5 Å². The number of carbonyl (C=O) groups is 1. The molecule has 1 aromatic carbocycles. The minimum Gasteiger partial charge on any atom is -0.383 e. The Morgan fingerprint density at radius 2 is 2.00 bits per heavy atom. The predicted octanol–water partition coefficient (Wildman–Crippen LogP) is 5.05. The monoisotopic (exact) mass is 514 g/mol. The van der Waals surface area contributed by atoms with Crippen LogP contribution >= 0.6 is 0 Å². The molecule has 3 aromatic rings. The van der Waals surface area contributed by atoms with E-state index in [0.717, 1.165) is 43.1 Å². The molecule has 0 saturated heterocycles. The van der Waals surface area contributed by atoms with Gasteiger partial charge in [-0.15, -0.1) is 0 Å². The van der Waals surface area contributed by atoms with Crippen molar-refractivity contribution in [3.05, 3.63) is 63.5 Å². The summed E-state index contributed by atoms with van der Waals surface area (Å²) < 4.78 is 7.15. The molecular formula is C29H34N6O3. The highest BCUT2D eigenvalue weighted by Gasteiger charge is 2.41. The summed E-state index contributed by atoms with van der Waals surface area (Å²) >= 11 is 0. The minimum absolute atomic E-state index is 0.0957. The first kappa shape index (κ1) is 25.7. The van der Waals surface area contributed by atoms with Crippen LogP contribution < -0.4 is 16.7 Å². The molecule has 2 aliphatic carbocycles. The maximum Gasteiger partial charge on any atom is 0.354 e. The smallest absolute Gasteiger partial charge is 0.354 e. The Bertz CT molecular complexity index is 1450. The molecule has 5 rings (SSSR count). The fraction of sp³-hybridized carbons (Fsp3) is 0.483. The molecule has 2 saturated carbocycles. The zero-order chi connectivity index (χ0) is 27.0. The number of nitrogens with one attached hydrogen (secondary N) is 1. The summed E-state index contributed by atoms with van der Waals surface area (Å²) in [5.41, 5.74) is 8.59. The van der Waals surface area contributed by atoms with Crippen molar-refractivity contribution < 1.29 is 9.32 Å². The number of nitrogen functional groups attached to an aromatic ring is 1. The highest BCUT2D eigenvalue weighted by molar-refractivity contribution is 5.93. The Hall–Kier alpha value is -3.93. The van der Waals surface area contributed by atoms with Crippen LogP contribution in [-0.2, 0) is 11.2 Å². The maximum absolute atomic E-state index is 13.0. The Morgan fingerprint density at radius 1 is 1.24 bits per heavy atom. The van der Waals surface area contributed by atoms with Gasteiger partial charge in [-0.3, -0.25) is 9.36 Å². The van der Waals surface area contributed by atoms with E-state index in [2.05, 4.69) is 42.3 Å². The van der Waals surface area contributed by atoms with Crippen LogP contribution in [0.15, 0.2) is 39.8 Å². The highest BCUT2D eigenvalue weighted by atomic mass is 16.5. The van der Waals surface area contributed by atoms with E-state index in [0.29, 0.717) is 40.6 Å². The number of aryl methyl sites for hydroxylation is 1. The summed E-state index contributed by atoms with van der Waals surface area (Å²) in [5.74, 6) is 2.58. The molecule has 0 spiro atoms. The summed E-state index contributed by atoms with van der Waals surface area (Å²) in [4.78, 5) is 29.2. The van der Waals surface area contributed by atoms with E-state index in [1.54, 1.807) is 12.1 Å². The van der Waals surface area contributed by atoms with Gasteiger partial charge in [0.15, 0.2) is 0 Å². The van der Waals surface area contributed by atoms with Crippen molar-refractivity contribution in [1.82, 2.24) is 14.7 Å². The van der Waals surface area contributed by atoms with Crippen LogP contribution in [0.25, 0.3) is 5.69 Å². The van der Waals surface area contributed by atoms with Gasteiger partial charge in [0.1, 0.15) is 11.6 Å². The van der Waals surface area contributed by atoms with Crippen molar-refractivity contribution in [2.24, 2.45) is 11.3 Å². The van der Waals surface area contributed by atoms with Crippen molar-refractivity contribution in [3.8, 4) is 11.8 Å². The first-order valence-corrected chi connectivity index (χ1v) is 13.3. The largest absolute Gasteiger partial charge is 0.383 e. The molecule has 2 aliphatic rings. The topological polar surface area (TPSA) is 140 Å². The molecule has 2 fully saturated rings. The number of nitriles is 1.